The number of piperidine rings is 1. The zero-order valence-electron chi connectivity index (χ0n) is 12.1. The van der Waals surface area contributed by atoms with E-state index in [1.807, 2.05) is 30.3 Å². The number of carbonyl (C=O) groups is 1. The lowest BCUT2D eigenvalue weighted by Crippen LogP contribution is -2.48. The highest BCUT2D eigenvalue weighted by molar-refractivity contribution is 5.92. The maximum Gasteiger partial charge on any atom is 0.274 e. The van der Waals surface area contributed by atoms with E-state index in [2.05, 4.69) is 10.3 Å². The second-order valence-electron chi connectivity index (χ2n) is 5.54. The molecule has 0 spiro atoms. The average Bonchev–Trinajstić information content (AvgIpc) is 3.05. The molecule has 22 heavy (non-hydrogen) atoms. The summed E-state index contributed by atoms with van der Waals surface area (Å²) in [4.78, 5) is 14.3. The molecular formula is C15H18N4O3. The minimum Gasteiger partial charge on any atom is -0.393 e. The number of carbonyl (C=O) groups excluding carboxylic acids is 1. The molecule has 2 N–H and O–H groups in total. The summed E-state index contributed by atoms with van der Waals surface area (Å²) in [7, 11) is 0. The fourth-order valence-corrected chi connectivity index (χ4v) is 2.59. The fraction of sp³-hybridized carbons (Fsp3) is 0.400. The van der Waals surface area contributed by atoms with Gasteiger partial charge < -0.3 is 15.1 Å². The van der Waals surface area contributed by atoms with Crippen LogP contribution in [0.15, 0.2) is 36.5 Å². The van der Waals surface area contributed by atoms with Crippen molar-refractivity contribution in [1.29, 1.82) is 0 Å². The SMILES string of the molecule is O=C(c1cnnn1-c1ccccc1)N1CCC(O)(CO)CC1. The first-order valence-electron chi connectivity index (χ1n) is 7.22. The standard InChI is InChI=1S/C15H18N4O3/c20-11-15(22)6-8-18(9-7-15)14(21)13-10-16-17-19(13)12-4-2-1-3-5-12/h1-5,10,20,22H,6-9,11H2. The van der Waals surface area contributed by atoms with Crippen LogP contribution < -0.4 is 0 Å². The van der Waals surface area contributed by atoms with Gasteiger partial charge >= 0.3 is 0 Å². The van der Waals surface area contributed by atoms with Crippen molar-refractivity contribution in [2.24, 2.45) is 0 Å². The zero-order valence-corrected chi connectivity index (χ0v) is 12.1. The molecule has 0 unspecified atom stereocenters. The Morgan fingerprint density at radius 2 is 1.91 bits per heavy atom. The molecule has 0 saturated carbocycles. The molecule has 7 nitrogen and oxygen atoms in total. The first-order chi connectivity index (χ1) is 10.6. The number of benzene rings is 1. The molecule has 1 saturated heterocycles. The van der Waals surface area contributed by atoms with Crippen LogP contribution in [0, 0.1) is 0 Å². The van der Waals surface area contributed by atoms with Gasteiger partial charge in [-0.2, -0.15) is 0 Å². The third kappa shape index (κ3) is 2.72. The number of likely N-dealkylation sites (tertiary alicyclic amines) is 1. The summed E-state index contributed by atoms with van der Waals surface area (Å²) in [6, 6.07) is 9.34. The lowest BCUT2D eigenvalue weighted by Gasteiger charge is -2.36. The van der Waals surface area contributed by atoms with E-state index in [-0.39, 0.29) is 12.5 Å². The van der Waals surface area contributed by atoms with Gasteiger partial charge in [0.2, 0.25) is 0 Å². The van der Waals surface area contributed by atoms with Crippen LogP contribution in [0.2, 0.25) is 0 Å². The van der Waals surface area contributed by atoms with Crippen molar-refractivity contribution in [3.05, 3.63) is 42.2 Å². The van der Waals surface area contributed by atoms with E-state index >= 15 is 0 Å². The summed E-state index contributed by atoms with van der Waals surface area (Å²) in [5.41, 5.74) is 0.0854. The Kier molecular flexibility index (Phi) is 3.91. The van der Waals surface area contributed by atoms with Crippen LogP contribution in [-0.4, -0.2) is 61.3 Å². The highest BCUT2D eigenvalue weighted by atomic mass is 16.3. The molecule has 116 valence electrons. The molecular weight excluding hydrogens is 284 g/mol. The summed E-state index contributed by atoms with van der Waals surface area (Å²) in [6.45, 7) is 0.518. The molecule has 0 aliphatic carbocycles. The first kappa shape index (κ1) is 14.7. The van der Waals surface area contributed by atoms with Crippen molar-refractivity contribution in [2.45, 2.75) is 18.4 Å². The van der Waals surface area contributed by atoms with E-state index in [0.29, 0.717) is 31.6 Å². The summed E-state index contributed by atoms with van der Waals surface area (Å²) in [5, 5.41) is 27.0. The van der Waals surface area contributed by atoms with Gasteiger partial charge in [-0.3, -0.25) is 4.79 Å². The molecule has 1 fully saturated rings. The van der Waals surface area contributed by atoms with Crippen molar-refractivity contribution in [1.82, 2.24) is 19.9 Å². The van der Waals surface area contributed by atoms with E-state index in [9.17, 15) is 15.0 Å². The largest absolute Gasteiger partial charge is 0.393 e. The molecule has 1 aromatic carbocycles. The molecule has 0 radical (unpaired) electrons. The minimum absolute atomic E-state index is 0.172. The number of hydrogen-bond acceptors (Lipinski definition) is 5. The first-order valence-corrected chi connectivity index (χ1v) is 7.22. The Labute approximate surface area is 127 Å². The zero-order chi connectivity index (χ0) is 15.6. The van der Waals surface area contributed by atoms with Crippen molar-refractivity contribution in [2.75, 3.05) is 19.7 Å². The number of nitrogens with zero attached hydrogens (tertiary/aromatic N) is 4. The van der Waals surface area contributed by atoms with Crippen LogP contribution in [0.4, 0.5) is 0 Å². The van der Waals surface area contributed by atoms with Gasteiger partial charge in [-0.15, -0.1) is 5.10 Å². The number of rotatable bonds is 3. The van der Waals surface area contributed by atoms with Gasteiger partial charge in [-0.25, -0.2) is 4.68 Å². The van der Waals surface area contributed by atoms with E-state index < -0.39 is 5.60 Å². The van der Waals surface area contributed by atoms with Gasteiger partial charge in [-0.05, 0) is 25.0 Å². The van der Waals surface area contributed by atoms with E-state index in [0.717, 1.165) is 5.69 Å². The lowest BCUT2D eigenvalue weighted by molar-refractivity contribution is -0.0547. The van der Waals surface area contributed by atoms with Crippen LogP contribution >= 0.6 is 0 Å². The number of aliphatic hydroxyl groups is 2. The molecule has 7 heteroatoms. The van der Waals surface area contributed by atoms with Crippen LogP contribution in [0.3, 0.4) is 0 Å². The van der Waals surface area contributed by atoms with Crippen LogP contribution in [0.1, 0.15) is 23.3 Å². The molecule has 1 amide bonds. The van der Waals surface area contributed by atoms with Crippen LogP contribution in [0.25, 0.3) is 5.69 Å². The Morgan fingerprint density at radius 3 is 2.55 bits per heavy atom. The second-order valence-corrected chi connectivity index (χ2v) is 5.54. The third-order valence-electron chi connectivity index (χ3n) is 4.04. The molecule has 1 aliphatic heterocycles. The van der Waals surface area contributed by atoms with Gasteiger partial charge in [0.25, 0.3) is 5.91 Å². The van der Waals surface area contributed by atoms with Crippen LogP contribution in [0.5, 0.6) is 0 Å². The Bertz CT molecular complexity index is 648. The summed E-state index contributed by atoms with van der Waals surface area (Å²) >= 11 is 0. The molecule has 2 heterocycles. The van der Waals surface area contributed by atoms with E-state index in [4.69, 9.17) is 0 Å². The number of amides is 1. The van der Waals surface area contributed by atoms with Gasteiger partial charge in [0.1, 0.15) is 0 Å². The van der Waals surface area contributed by atoms with E-state index in [1.165, 1.54) is 10.9 Å². The molecule has 3 rings (SSSR count). The van der Waals surface area contributed by atoms with Gasteiger partial charge in [0.05, 0.1) is 24.1 Å². The average molecular weight is 302 g/mol. The molecule has 0 atom stereocenters. The highest BCUT2D eigenvalue weighted by Crippen LogP contribution is 2.23. The predicted molar refractivity (Wildman–Crippen MR) is 78.5 cm³/mol. The fourth-order valence-electron chi connectivity index (χ4n) is 2.59. The van der Waals surface area contributed by atoms with Crippen molar-refractivity contribution in [3.63, 3.8) is 0 Å². The van der Waals surface area contributed by atoms with Gasteiger partial charge in [-0.1, -0.05) is 23.4 Å². The normalized spacial score (nSPS) is 17.5. The van der Waals surface area contributed by atoms with E-state index in [1.54, 1.807) is 4.90 Å². The lowest BCUT2D eigenvalue weighted by atomic mass is 9.92. The number of aliphatic hydroxyl groups excluding tert-OH is 1. The Balaban J connectivity index is 1.79. The van der Waals surface area contributed by atoms with Crippen molar-refractivity contribution in [3.8, 4) is 5.69 Å². The number of para-hydroxylation sites is 1. The maximum atomic E-state index is 12.6. The molecule has 0 bridgehead atoms. The van der Waals surface area contributed by atoms with Crippen molar-refractivity contribution < 1.29 is 15.0 Å². The smallest absolute Gasteiger partial charge is 0.274 e. The maximum absolute atomic E-state index is 12.6. The minimum atomic E-state index is -1.07. The Hall–Kier alpha value is -2.25. The van der Waals surface area contributed by atoms with Gasteiger partial charge in [0, 0.05) is 13.1 Å². The number of hydrogen-bond donors (Lipinski definition) is 2. The molecule has 2 aromatic rings. The molecule has 1 aliphatic rings. The molecule has 1 aromatic heterocycles. The monoisotopic (exact) mass is 302 g/mol. The Morgan fingerprint density at radius 1 is 1.23 bits per heavy atom. The summed E-state index contributed by atoms with van der Waals surface area (Å²) in [6.07, 6.45) is 2.17. The summed E-state index contributed by atoms with van der Waals surface area (Å²) in [5.74, 6) is -0.172. The van der Waals surface area contributed by atoms with Crippen molar-refractivity contribution >= 4 is 5.91 Å². The second kappa shape index (κ2) is 5.86. The predicted octanol–water partition coefficient (Wildman–Crippen LogP) is 0.227. The highest BCUT2D eigenvalue weighted by Gasteiger charge is 2.34. The van der Waals surface area contributed by atoms with Crippen LogP contribution in [-0.2, 0) is 0 Å². The van der Waals surface area contributed by atoms with Gasteiger partial charge in [0.15, 0.2) is 5.69 Å². The summed E-state index contributed by atoms with van der Waals surface area (Å²) < 4.78 is 1.51. The number of aromatic nitrogens is 3. The quantitative estimate of drug-likeness (QED) is 0.846. The third-order valence-corrected chi connectivity index (χ3v) is 4.04. The topological polar surface area (TPSA) is 91.5 Å².